The highest BCUT2D eigenvalue weighted by Gasteiger charge is 1.58. The summed E-state index contributed by atoms with van der Waals surface area (Å²) in [6, 6.07) is 0. The molecule has 0 N–H and O–H groups in total. The standard InChI is InChI=1S/C5H6NS/c1-7-4-2-6-3-5-7/h2-5H,1H2/q-1. The van der Waals surface area contributed by atoms with Crippen molar-refractivity contribution in [3.8, 4) is 0 Å². The van der Waals surface area contributed by atoms with E-state index in [0.29, 0.717) is 0 Å². The van der Waals surface area contributed by atoms with Gasteiger partial charge in [0.05, 0.1) is 0 Å². The van der Waals surface area contributed by atoms with E-state index in [4.69, 9.17) is 0 Å². The van der Waals surface area contributed by atoms with Gasteiger partial charge in [-0.25, -0.2) is 5.87 Å². The van der Waals surface area contributed by atoms with Gasteiger partial charge in [0.1, 0.15) is 0 Å². The molecular weight excluding hydrogens is 106 g/mol. The van der Waals surface area contributed by atoms with Crippen molar-refractivity contribution in [1.29, 1.82) is 0 Å². The summed E-state index contributed by atoms with van der Waals surface area (Å²) in [6.07, 6.45) is 3.55. The van der Waals surface area contributed by atoms with E-state index in [1.807, 2.05) is 10.8 Å². The molecule has 0 saturated heterocycles. The van der Waals surface area contributed by atoms with Crippen LogP contribution in [0.25, 0.3) is 0 Å². The molecule has 0 bridgehead atoms. The van der Waals surface area contributed by atoms with Crippen molar-refractivity contribution in [3.63, 3.8) is 0 Å². The lowest BCUT2D eigenvalue weighted by molar-refractivity contribution is 1.63. The molecule has 1 aliphatic heterocycles. The Labute approximate surface area is 44.9 Å². The third-order valence-corrected chi connectivity index (χ3v) is 1.59. The molecule has 0 amide bonds. The second kappa shape index (κ2) is 1.98. The molecule has 1 rings (SSSR count). The Morgan fingerprint density at radius 2 is 2.43 bits per heavy atom. The molecule has 7 heavy (non-hydrogen) atoms. The van der Waals surface area contributed by atoms with Crippen molar-refractivity contribution in [1.82, 2.24) is 0 Å². The van der Waals surface area contributed by atoms with Gasteiger partial charge in [0.15, 0.2) is 0 Å². The molecule has 0 spiro atoms. The van der Waals surface area contributed by atoms with E-state index in [2.05, 4.69) is 10.9 Å². The third-order valence-electron chi connectivity index (χ3n) is 0.643. The van der Waals surface area contributed by atoms with Crippen LogP contribution < -0.4 is 0 Å². The fraction of sp³-hybridized carbons (Fsp3) is 0. The van der Waals surface area contributed by atoms with Gasteiger partial charge in [-0.05, 0) is 0 Å². The second-order valence-corrected chi connectivity index (χ2v) is 2.67. The minimum Gasteiger partial charge on any atom is -0.454 e. The van der Waals surface area contributed by atoms with E-state index in [9.17, 15) is 0 Å². The van der Waals surface area contributed by atoms with E-state index in [1.54, 1.807) is 12.4 Å². The average Bonchev–Trinajstić information content (AvgIpc) is 1.69. The Balaban J connectivity index is 3.04. The maximum atomic E-state index is 3.83. The molecule has 0 saturated carbocycles. The summed E-state index contributed by atoms with van der Waals surface area (Å²) < 4.78 is 0. The first-order chi connectivity index (χ1) is 3.39. The van der Waals surface area contributed by atoms with Crippen molar-refractivity contribution in [3.05, 3.63) is 11.6 Å². The van der Waals surface area contributed by atoms with Crippen LogP contribution in [0.15, 0.2) is 16.6 Å². The van der Waals surface area contributed by atoms with Crippen molar-refractivity contribution >= 4 is 27.5 Å². The zero-order chi connectivity index (χ0) is 5.11. The maximum Gasteiger partial charge on any atom is 0.00103 e. The number of hydrogen-bond acceptors (Lipinski definition) is 2. The Bertz CT molecular complexity index is 182. The molecular formula is C5H6NS-. The molecule has 1 nitrogen and oxygen atoms in total. The van der Waals surface area contributed by atoms with E-state index in [1.165, 1.54) is 0 Å². The highest BCUT2D eigenvalue weighted by Crippen LogP contribution is 1.78. The molecule has 0 aromatic rings. The van der Waals surface area contributed by atoms with Crippen LogP contribution in [0.5, 0.6) is 0 Å². The minimum absolute atomic E-state index is 0.105. The highest BCUT2D eigenvalue weighted by atomic mass is 32.2. The minimum atomic E-state index is 0.105. The molecule has 0 radical (unpaired) electrons. The Morgan fingerprint density at radius 1 is 1.57 bits per heavy atom. The monoisotopic (exact) mass is 112 g/mol. The van der Waals surface area contributed by atoms with E-state index in [0.717, 1.165) is 0 Å². The van der Waals surface area contributed by atoms with Gasteiger partial charge in [-0.1, -0.05) is 0 Å². The summed E-state index contributed by atoms with van der Waals surface area (Å²) in [5.74, 6) is 3.79. The highest BCUT2D eigenvalue weighted by molar-refractivity contribution is 7.96. The summed E-state index contributed by atoms with van der Waals surface area (Å²) in [6.45, 7) is 0. The lowest BCUT2D eigenvalue weighted by Gasteiger charge is -1.98. The number of hydrogen-bond donors (Lipinski definition) is 0. The van der Waals surface area contributed by atoms with Gasteiger partial charge in [0.25, 0.3) is 0 Å². The van der Waals surface area contributed by atoms with Gasteiger partial charge < -0.3 is 10.1 Å². The zero-order valence-corrected chi connectivity index (χ0v) is 4.69. The maximum absolute atomic E-state index is 3.83. The fourth-order valence-electron chi connectivity index (χ4n) is 0.322. The summed E-state index contributed by atoms with van der Waals surface area (Å²) in [7, 11) is 0.105. The van der Waals surface area contributed by atoms with Crippen LogP contribution in [-0.4, -0.2) is 17.5 Å². The van der Waals surface area contributed by atoms with Gasteiger partial charge in [-0.3, -0.25) is 4.99 Å². The lowest BCUT2D eigenvalue weighted by Crippen LogP contribution is -1.82. The van der Waals surface area contributed by atoms with Gasteiger partial charge in [-0.2, -0.15) is 10.8 Å². The molecule has 0 fully saturated rings. The van der Waals surface area contributed by atoms with E-state index in [-0.39, 0.29) is 10.1 Å². The van der Waals surface area contributed by atoms with Crippen LogP contribution in [-0.2, 0) is 10.1 Å². The van der Waals surface area contributed by atoms with Crippen molar-refractivity contribution in [2.24, 2.45) is 4.99 Å². The SMILES string of the molecule is C=[S-]1=CC=NC=C1. The number of rotatable bonds is 0. The predicted molar refractivity (Wildman–Crippen MR) is 38.2 cm³/mol. The first kappa shape index (κ1) is 4.65. The number of nitrogens with zero attached hydrogens (tertiary/aromatic N) is 1. The second-order valence-electron chi connectivity index (χ2n) is 1.19. The predicted octanol–water partition coefficient (Wildman–Crippen LogP) is 0.395. The number of aliphatic imine (C=N–C) groups is 1. The van der Waals surface area contributed by atoms with Crippen LogP contribution in [0.4, 0.5) is 0 Å². The van der Waals surface area contributed by atoms with Crippen LogP contribution in [0.2, 0.25) is 0 Å². The van der Waals surface area contributed by atoms with Crippen molar-refractivity contribution in [2.45, 2.75) is 0 Å². The molecule has 0 aromatic heterocycles. The summed E-state index contributed by atoms with van der Waals surface area (Å²) in [4.78, 5) is 3.83. The third kappa shape index (κ3) is 1.20. The lowest BCUT2D eigenvalue weighted by atomic mass is 10.8. The van der Waals surface area contributed by atoms with Crippen molar-refractivity contribution in [2.75, 3.05) is 0 Å². The largest absolute Gasteiger partial charge is 0.454 e. The van der Waals surface area contributed by atoms with Crippen LogP contribution >= 0.6 is 0 Å². The van der Waals surface area contributed by atoms with Gasteiger partial charge in [-0.15, -0.1) is 0 Å². The molecule has 2 heteroatoms. The smallest absolute Gasteiger partial charge is 0.00103 e. The first-order valence-electron chi connectivity index (χ1n) is 1.94. The normalized spacial score (nSPS) is 19.4. The fourth-order valence-corrected chi connectivity index (χ4v) is 0.866. The average molecular weight is 112 g/mol. The van der Waals surface area contributed by atoms with Crippen LogP contribution in [0, 0.1) is 0 Å². The summed E-state index contributed by atoms with van der Waals surface area (Å²) in [5, 5.41) is 3.94. The van der Waals surface area contributed by atoms with Crippen LogP contribution in [0.3, 0.4) is 0 Å². The Hall–Kier alpha value is -0.500. The molecule has 38 valence electrons. The Morgan fingerprint density at radius 3 is 2.71 bits per heavy atom. The summed E-state index contributed by atoms with van der Waals surface area (Å²) in [5.41, 5.74) is 0. The molecule has 1 aliphatic rings. The van der Waals surface area contributed by atoms with Gasteiger partial charge >= 0.3 is 0 Å². The molecule has 1 heterocycles. The van der Waals surface area contributed by atoms with Crippen molar-refractivity contribution < 1.29 is 0 Å². The first-order valence-corrected chi connectivity index (χ1v) is 3.46. The topological polar surface area (TPSA) is 12.4 Å². The molecule has 0 unspecified atom stereocenters. The zero-order valence-electron chi connectivity index (χ0n) is 3.87. The van der Waals surface area contributed by atoms with Gasteiger partial charge in [0.2, 0.25) is 0 Å². The molecule has 0 aromatic carbocycles. The van der Waals surface area contributed by atoms with E-state index >= 15 is 0 Å². The molecule has 0 aliphatic carbocycles. The van der Waals surface area contributed by atoms with Gasteiger partial charge in [0, 0.05) is 12.4 Å². The van der Waals surface area contributed by atoms with Crippen LogP contribution in [0.1, 0.15) is 0 Å². The summed E-state index contributed by atoms with van der Waals surface area (Å²) >= 11 is 0. The molecule has 0 atom stereocenters. The quantitative estimate of drug-likeness (QED) is 0.317. The Kier molecular flexibility index (Phi) is 1.32. The van der Waals surface area contributed by atoms with E-state index < -0.39 is 0 Å².